The summed E-state index contributed by atoms with van der Waals surface area (Å²) in [5.41, 5.74) is 1.02. The van der Waals surface area contributed by atoms with Crippen molar-refractivity contribution in [3.05, 3.63) is 29.8 Å². The fraction of sp³-hybridized carbons (Fsp3) is 0.429. The van der Waals surface area contributed by atoms with Crippen LogP contribution in [0.25, 0.3) is 0 Å². The fourth-order valence-corrected chi connectivity index (χ4v) is 1.77. The summed E-state index contributed by atoms with van der Waals surface area (Å²) in [6.45, 7) is 2.24. The van der Waals surface area contributed by atoms with Gasteiger partial charge >= 0.3 is 0 Å². The van der Waals surface area contributed by atoms with Crippen molar-refractivity contribution in [1.82, 2.24) is 16.0 Å². The summed E-state index contributed by atoms with van der Waals surface area (Å²) in [6, 6.07) is 6.26. The first-order chi connectivity index (χ1) is 9.52. The predicted octanol–water partition coefficient (Wildman–Crippen LogP) is -0.225. The van der Waals surface area contributed by atoms with E-state index >= 15 is 0 Å². The van der Waals surface area contributed by atoms with Crippen molar-refractivity contribution in [2.75, 3.05) is 20.1 Å². The smallest absolute Gasteiger partial charge is 0.243 e. The molecule has 0 saturated heterocycles. The SMILES string of the molecule is CNCC(NC(C)=O)C(=O)NCCc1ccc(O)cc1. The third kappa shape index (κ3) is 5.71. The van der Waals surface area contributed by atoms with Gasteiger partial charge in [0, 0.05) is 20.0 Å². The average Bonchev–Trinajstić information content (AvgIpc) is 2.40. The van der Waals surface area contributed by atoms with Gasteiger partial charge in [0.1, 0.15) is 11.8 Å². The molecule has 6 nitrogen and oxygen atoms in total. The number of carbonyl (C=O) groups is 2. The van der Waals surface area contributed by atoms with Crippen molar-refractivity contribution >= 4 is 11.8 Å². The first-order valence-electron chi connectivity index (χ1n) is 6.50. The second-order valence-electron chi connectivity index (χ2n) is 4.52. The number of likely N-dealkylation sites (N-methyl/N-ethyl adjacent to an activating group) is 1. The summed E-state index contributed by atoms with van der Waals surface area (Å²) >= 11 is 0. The van der Waals surface area contributed by atoms with E-state index in [0.29, 0.717) is 19.5 Å². The Morgan fingerprint density at radius 1 is 1.25 bits per heavy atom. The monoisotopic (exact) mass is 279 g/mol. The summed E-state index contributed by atoms with van der Waals surface area (Å²) in [5, 5.41) is 17.4. The number of carbonyl (C=O) groups excluding carboxylic acids is 2. The van der Waals surface area contributed by atoms with Crippen LogP contribution in [0, 0.1) is 0 Å². The van der Waals surface area contributed by atoms with Crippen LogP contribution >= 0.6 is 0 Å². The highest BCUT2D eigenvalue weighted by atomic mass is 16.3. The molecule has 0 aliphatic heterocycles. The molecule has 0 aliphatic rings. The van der Waals surface area contributed by atoms with Crippen LogP contribution in [0.2, 0.25) is 0 Å². The zero-order valence-corrected chi connectivity index (χ0v) is 11.8. The number of phenols is 1. The van der Waals surface area contributed by atoms with Gasteiger partial charge in [-0.3, -0.25) is 9.59 Å². The lowest BCUT2D eigenvalue weighted by Crippen LogP contribution is -2.51. The summed E-state index contributed by atoms with van der Waals surface area (Å²) in [6.07, 6.45) is 0.665. The van der Waals surface area contributed by atoms with E-state index in [1.54, 1.807) is 31.3 Å². The number of benzene rings is 1. The molecule has 0 bridgehead atoms. The Balaban J connectivity index is 2.40. The van der Waals surface area contributed by atoms with Gasteiger partial charge in [0.05, 0.1) is 0 Å². The molecule has 0 aromatic heterocycles. The number of aromatic hydroxyl groups is 1. The highest BCUT2D eigenvalue weighted by molar-refractivity contribution is 5.87. The third-order valence-electron chi connectivity index (χ3n) is 2.75. The van der Waals surface area contributed by atoms with Crippen molar-refractivity contribution in [1.29, 1.82) is 0 Å². The minimum atomic E-state index is -0.572. The molecule has 0 aliphatic carbocycles. The van der Waals surface area contributed by atoms with Gasteiger partial charge in [0.15, 0.2) is 0 Å². The Labute approximate surface area is 118 Å². The molecular weight excluding hydrogens is 258 g/mol. The zero-order valence-electron chi connectivity index (χ0n) is 11.8. The first-order valence-corrected chi connectivity index (χ1v) is 6.50. The molecule has 1 unspecified atom stereocenters. The van der Waals surface area contributed by atoms with E-state index in [2.05, 4.69) is 16.0 Å². The second-order valence-corrected chi connectivity index (χ2v) is 4.52. The summed E-state index contributed by atoms with van der Waals surface area (Å²) in [7, 11) is 1.72. The van der Waals surface area contributed by atoms with Gasteiger partial charge in [-0.2, -0.15) is 0 Å². The van der Waals surface area contributed by atoms with Crippen LogP contribution in [0.3, 0.4) is 0 Å². The molecule has 1 aromatic rings. The maximum Gasteiger partial charge on any atom is 0.243 e. The van der Waals surface area contributed by atoms with Crippen LogP contribution in [-0.4, -0.2) is 43.1 Å². The maximum absolute atomic E-state index is 11.9. The van der Waals surface area contributed by atoms with Crippen molar-refractivity contribution in [2.45, 2.75) is 19.4 Å². The van der Waals surface area contributed by atoms with E-state index in [-0.39, 0.29) is 17.6 Å². The summed E-state index contributed by atoms with van der Waals surface area (Å²) in [4.78, 5) is 22.9. The quantitative estimate of drug-likeness (QED) is 0.555. The molecule has 0 fully saturated rings. The third-order valence-corrected chi connectivity index (χ3v) is 2.75. The number of hydrogen-bond donors (Lipinski definition) is 4. The molecule has 1 aromatic carbocycles. The predicted molar refractivity (Wildman–Crippen MR) is 76.4 cm³/mol. The van der Waals surface area contributed by atoms with E-state index in [1.807, 2.05) is 0 Å². The van der Waals surface area contributed by atoms with Crippen molar-refractivity contribution in [2.24, 2.45) is 0 Å². The van der Waals surface area contributed by atoms with E-state index in [9.17, 15) is 9.59 Å². The molecule has 6 heteroatoms. The lowest BCUT2D eigenvalue weighted by molar-refractivity contribution is -0.127. The van der Waals surface area contributed by atoms with Gasteiger partial charge in [0.2, 0.25) is 11.8 Å². The molecule has 0 heterocycles. The highest BCUT2D eigenvalue weighted by Crippen LogP contribution is 2.09. The summed E-state index contributed by atoms with van der Waals surface area (Å²) < 4.78 is 0. The van der Waals surface area contributed by atoms with Gasteiger partial charge in [0.25, 0.3) is 0 Å². The maximum atomic E-state index is 11.9. The van der Waals surface area contributed by atoms with Crippen LogP contribution in [0.5, 0.6) is 5.75 Å². The van der Waals surface area contributed by atoms with Crippen LogP contribution in [0.15, 0.2) is 24.3 Å². The van der Waals surface area contributed by atoms with E-state index < -0.39 is 6.04 Å². The molecular formula is C14H21N3O3. The van der Waals surface area contributed by atoms with Crippen molar-refractivity contribution in [3.63, 3.8) is 0 Å². The van der Waals surface area contributed by atoms with Gasteiger partial charge in [-0.15, -0.1) is 0 Å². The van der Waals surface area contributed by atoms with Crippen molar-refractivity contribution in [3.8, 4) is 5.75 Å². The number of amides is 2. The fourth-order valence-electron chi connectivity index (χ4n) is 1.77. The second kappa shape index (κ2) is 8.16. The lowest BCUT2D eigenvalue weighted by Gasteiger charge is -2.17. The van der Waals surface area contributed by atoms with E-state index in [4.69, 9.17) is 5.11 Å². The van der Waals surface area contributed by atoms with E-state index in [1.165, 1.54) is 6.92 Å². The van der Waals surface area contributed by atoms with Crippen LogP contribution < -0.4 is 16.0 Å². The number of rotatable bonds is 7. The number of hydrogen-bond acceptors (Lipinski definition) is 4. The van der Waals surface area contributed by atoms with Gasteiger partial charge in [-0.05, 0) is 31.2 Å². The Bertz CT molecular complexity index is 445. The minimum absolute atomic E-state index is 0.215. The number of phenolic OH excluding ortho intramolecular Hbond substituents is 1. The van der Waals surface area contributed by atoms with Crippen molar-refractivity contribution < 1.29 is 14.7 Å². The number of nitrogens with one attached hydrogen (secondary N) is 3. The molecule has 4 N–H and O–H groups in total. The Kier molecular flexibility index (Phi) is 6.52. The Hall–Kier alpha value is -2.08. The minimum Gasteiger partial charge on any atom is -0.508 e. The Morgan fingerprint density at radius 3 is 2.45 bits per heavy atom. The largest absolute Gasteiger partial charge is 0.508 e. The first kappa shape index (κ1) is 16.0. The highest BCUT2D eigenvalue weighted by Gasteiger charge is 2.17. The normalized spacial score (nSPS) is 11.7. The average molecular weight is 279 g/mol. The molecule has 110 valence electrons. The Morgan fingerprint density at radius 2 is 1.90 bits per heavy atom. The van der Waals surface area contributed by atoms with Gasteiger partial charge in [-0.25, -0.2) is 0 Å². The van der Waals surface area contributed by atoms with Crippen LogP contribution in [0.1, 0.15) is 12.5 Å². The molecule has 0 radical (unpaired) electrons. The molecule has 0 spiro atoms. The van der Waals surface area contributed by atoms with Crippen LogP contribution in [-0.2, 0) is 16.0 Å². The zero-order chi connectivity index (χ0) is 15.0. The van der Waals surface area contributed by atoms with Crippen LogP contribution in [0.4, 0.5) is 0 Å². The molecule has 0 saturated carbocycles. The van der Waals surface area contributed by atoms with E-state index in [0.717, 1.165) is 5.56 Å². The molecule has 1 atom stereocenters. The summed E-state index contributed by atoms with van der Waals surface area (Å²) in [5.74, 6) is -0.232. The molecule has 2 amide bonds. The molecule has 20 heavy (non-hydrogen) atoms. The van der Waals surface area contributed by atoms with Gasteiger partial charge < -0.3 is 21.1 Å². The standard InChI is InChI=1S/C14H21N3O3/c1-10(18)17-13(9-15-2)14(20)16-8-7-11-3-5-12(19)6-4-11/h3-6,13,15,19H,7-9H2,1-2H3,(H,16,20)(H,17,18). The molecule has 1 rings (SSSR count). The van der Waals surface area contributed by atoms with Gasteiger partial charge in [-0.1, -0.05) is 12.1 Å². The topological polar surface area (TPSA) is 90.5 Å². The lowest BCUT2D eigenvalue weighted by atomic mass is 10.1.